The normalized spacial score (nSPS) is 11.1. The molecule has 0 bridgehead atoms. The van der Waals surface area contributed by atoms with E-state index in [9.17, 15) is 22.8 Å². The number of benzene rings is 2. The Hall–Kier alpha value is -2.87. The summed E-state index contributed by atoms with van der Waals surface area (Å²) >= 11 is 0. The summed E-state index contributed by atoms with van der Waals surface area (Å²) in [4.78, 5) is 25.4. The number of amides is 2. The second-order valence-corrected chi connectivity index (χ2v) is 7.44. The molecule has 0 aliphatic carbocycles. The van der Waals surface area contributed by atoms with Gasteiger partial charge in [-0.1, -0.05) is 38.1 Å². The Morgan fingerprint density at radius 3 is 2.20 bits per heavy atom. The molecule has 0 atom stereocenters. The summed E-state index contributed by atoms with van der Waals surface area (Å²) in [5.74, 6) is -4.91. The zero-order valence-electron chi connectivity index (χ0n) is 17.3. The average Bonchev–Trinajstić information content (AvgIpc) is 2.68. The van der Waals surface area contributed by atoms with Gasteiger partial charge < -0.3 is 10.6 Å². The standard InChI is InChI=1S/C22H26F3N3O2/c1-14(2)16-6-4-15(5-7-16)10-11-26-19(29)12-28(3)13-20(30)27-18-9-8-17(23)21(24)22(18)25/h4-9,14H,10-13H2,1-3H3,(H,26,29)(H,27,30). The Kier molecular flexibility index (Phi) is 8.41. The van der Waals surface area contributed by atoms with Crippen molar-refractivity contribution in [3.63, 3.8) is 0 Å². The smallest absolute Gasteiger partial charge is 0.238 e. The predicted octanol–water partition coefficient (Wildman–Crippen LogP) is 3.46. The van der Waals surface area contributed by atoms with Gasteiger partial charge in [0.15, 0.2) is 17.5 Å². The molecule has 0 heterocycles. The minimum Gasteiger partial charge on any atom is -0.355 e. The van der Waals surface area contributed by atoms with Crippen LogP contribution in [0.1, 0.15) is 30.9 Å². The first kappa shape index (κ1) is 23.4. The lowest BCUT2D eigenvalue weighted by Crippen LogP contribution is -2.39. The van der Waals surface area contributed by atoms with E-state index in [1.54, 1.807) is 7.05 Å². The van der Waals surface area contributed by atoms with E-state index in [-0.39, 0.29) is 19.0 Å². The molecule has 0 spiro atoms. The molecule has 30 heavy (non-hydrogen) atoms. The van der Waals surface area contributed by atoms with Crippen LogP contribution in [0.25, 0.3) is 0 Å². The summed E-state index contributed by atoms with van der Waals surface area (Å²) in [6.45, 7) is 4.45. The molecule has 2 amide bonds. The third-order valence-electron chi connectivity index (χ3n) is 4.52. The van der Waals surface area contributed by atoms with Crippen LogP contribution in [-0.2, 0) is 16.0 Å². The van der Waals surface area contributed by atoms with Crippen LogP contribution in [0.3, 0.4) is 0 Å². The minimum atomic E-state index is -1.65. The lowest BCUT2D eigenvalue weighted by molar-refractivity contribution is -0.122. The lowest BCUT2D eigenvalue weighted by Gasteiger charge is -2.16. The summed E-state index contributed by atoms with van der Waals surface area (Å²) < 4.78 is 39.7. The van der Waals surface area contributed by atoms with Crippen molar-refractivity contribution < 1.29 is 22.8 Å². The van der Waals surface area contributed by atoms with Gasteiger partial charge >= 0.3 is 0 Å². The molecule has 0 radical (unpaired) electrons. The number of hydrogen-bond donors (Lipinski definition) is 2. The van der Waals surface area contributed by atoms with Crippen LogP contribution >= 0.6 is 0 Å². The second-order valence-electron chi connectivity index (χ2n) is 7.44. The Morgan fingerprint density at radius 1 is 0.933 bits per heavy atom. The van der Waals surface area contributed by atoms with Crippen molar-refractivity contribution in [2.45, 2.75) is 26.2 Å². The van der Waals surface area contributed by atoms with Gasteiger partial charge in [-0.25, -0.2) is 13.2 Å². The molecule has 0 saturated carbocycles. The van der Waals surface area contributed by atoms with E-state index in [2.05, 4.69) is 36.6 Å². The van der Waals surface area contributed by atoms with E-state index in [1.165, 1.54) is 10.5 Å². The van der Waals surface area contributed by atoms with Crippen molar-refractivity contribution in [2.75, 3.05) is 32.0 Å². The Labute approximate surface area is 174 Å². The highest BCUT2D eigenvalue weighted by Crippen LogP contribution is 2.19. The highest BCUT2D eigenvalue weighted by atomic mass is 19.2. The molecule has 2 aromatic rings. The fourth-order valence-electron chi connectivity index (χ4n) is 2.83. The van der Waals surface area contributed by atoms with E-state index in [4.69, 9.17) is 0 Å². The van der Waals surface area contributed by atoms with E-state index < -0.39 is 29.0 Å². The summed E-state index contributed by atoms with van der Waals surface area (Å²) in [5.41, 5.74) is 1.91. The molecule has 2 N–H and O–H groups in total. The highest BCUT2D eigenvalue weighted by molar-refractivity contribution is 5.92. The van der Waals surface area contributed by atoms with Gasteiger partial charge in [0.05, 0.1) is 18.8 Å². The van der Waals surface area contributed by atoms with Gasteiger partial charge in [-0.15, -0.1) is 0 Å². The van der Waals surface area contributed by atoms with Crippen LogP contribution in [0.2, 0.25) is 0 Å². The molecule has 0 aliphatic rings. The molecule has 5 nitrogen and oxygen atoms in total. The van der Waals surface area contributed by atoms with E-state index >= 15 is 0 Å². The van der Waals surface area contributed by atoms with Crippen LogP contribution in [0.15, 0.2) is 36.4 Å². The summed E-state index contributed by atoms with van der Waals surface area (Å²) in [6.07, 6.45) is 0.684. The molecule has 0 unspecified atom stereocenters. The van der Waals surface area contributed by atoms with E-state index in [0.29, 0.717) is 18.9 Å². The van der Waals surface area contributed by atoms with Gasteiger partial charge in [-0.2, -0.15) is 0 Å². The maximum atomic E-state index is 13.6. The molecular formula is C22H26F3N3O2. The number of nitrogens with one attached hydrogen (secondary N) is 2. The van der Waals surface area contributed by atoms with Gasteiger partial charge in [0.1, 0.15) is 0 Å². The molecule has 0 aromatic heterocycles. The van der Waals surface area contributed by atoms with Crippen molar-refractivity contribution in [3.8, 4) is 0 Å². The molecule has 0 saturated heterocycles. The third kappa shape index (κ3) is 6.88. The first-order valence-corrected chi connectivity index (χ1v) is 9.64. The number of hydrogen-bond acceptors (Lipinski definition) is 3. The maximum absolute atomic E-state index is 13.6. The molecule has 162 valence electrons. The van der Waals surface area contributed by atoms with Crippen molar-refractivity contribution in [1.29, 1.82) is 0 Å². The van der Waals surface area contributed by atoms with Gasteiger partial charge in [0, 0.05) is 6.54 Å². The molecule has 2 rings (SSSR count). The van der Waals surface area contributed by atoms with Crippen molar-refractivity contribution in [3.05, 3.63) is 65.0 Å². The second kappa shape index (κ2) is 10.8. The van der Waals surface area contributed by atoms with Gasteiger partial charge in [0.25, 0.3) is 0 Å². The number of rotatable bonds is 9. The Bertz CT molecular complexity index is 886. The third-order valence-corrected chi connectivity index (χ3v) is 4.52. The molecule has 8 heteroatoms. The number of anilines is 1. The zero-order valence-corrected chi connectivity index (χ0v) is 17.3. The van der Waals surface area contributed by atoms with Gasteiger partial charge in [0.2, 0.25) is 11.8 Å². The SMILES string of the molecule is CC(C)c1ccc(CCNC(=O)CN(C)CC(=O)Nc2ccc(F)c(F)c2F)cc1. The number of likely N-dealkylation sites (N-methyl/N-ethyl adjacent to an activating group) is 1. The summed E-state index contributed by atoms with van der Waals surface area (Å²) in [6, 6.07) is 9.88. The summed E-state index contributed by atoms with van der Waals surface area (Å²) in [7, 11) is 1.55. The largest absolute Gasteiger partial charge is 0.355 e. The predicted molar refractivity (Wildman–Crippen MR) is 110 cm³/mol. The van der Waals surface area contributed by atoms with E-state index in [0.717, 1.165) is 17.7 Å². The van der Waals surface area contributed by atoms with Crippen LogP contribution in [0, 0.1) is 17.5 Å². The first-order valence-electron chi connectivity index (χ1n) is 9.64. The van der Waals surface area contributed by atoms with Crippen molar-refractivity contribution >= 4 is 17.5 Å². The first-order chi connectivity index (χ1) is 14.2. The Balaban J connectivity index is 1.73. The van der Waals surface area contributed by atoms with Crippen molar-refractivity contribution in [1.82, 2.24) is 10.2 Å². The molecule has 0 fully saturated rings. The summed E-state index contributed by atoms with van der Waals surface area (Å²) in [5, 5.41) is 4.95. The highest BCUT2D eigenvalue weighted by Gasteiger charge is 2.16. The number of halogens is 3. The van der Waals surface area contributed by atoms with Crippen LogP contribution in [-0.4, -0.2) is 43.4 Å². The van der Waals surface area contributed by atoms with Gasteiger partial charge in [-0.05, 0) is 42.6 Å². The zero-order chi connectivity index (χ0) is 22.3. The monoisotopic (exact) mass is 421 g/mol. The maximum Gasteiger partial charge on any atom is 0.238 e. The van der Waals surface area contributed by atoms with Crippen LogP contribution in [0.4, 0.5) is 18.9 Å². The quantitative estimate of drug-likeness (QED) is 0.610. The number of carbonyl (C=O) groups is 2. The lowest BCUT2D eigenvalue weighted by atomic mass is 10.0. The van der Waals surface area contributed by atoms with Gasteiger partial charge in [-0.3, -0.25) is 14.5 Å². The topological polar surface area (TPSA) is 61.4 Å². The van der Waals surface area contributed by atoms with Crippen LogP contribution < -0.4 is 10.6 Å². The van der Waals surface area contributed by atoms with Crippen molar-refractivity contribution in [2.24, 2.45) is 0 Å². The Morgan fingerprint density at radius 2 is 1.57 bits per heavy atom. The fourth-order valence-corrected chi connectivity index (χ4v) is 2.83. The number of nitrogens with zero attached hydrogens (tertiary/aromatic N) is 1. The average molecular weight is 421 g/mol. The van der Waals surface area contributed by atoms with E-state index in [1.807, 2.05) is 12.1 Å². The molecular weight excluding hydrogens is 395 g/mol. The fraction of sp³-hybridized carbons (Fsp3) is 0.364. The van der Waals surface area contributed by atoms with Crippen LogP contribution in [0.5, 0.6) is 0 Å². The minimum absolute atomic E-state index is 0.0417. The molecule has 0 aliphatic heterocycles. The molecule has 2 aromatic carbocycles. The number of carbonyl (C=O) groups excluding carboxylic acids is 2.